The van der Waals surface area contributed by atoms with Crippen molar-refractivity contribution >= 4 is 15.9 Å². The van der Waals surface area contributed by atoms with Crippen molar-refractivity contribution in [3.8, 4) is 5.88 Å². The quantitative estimate of drug-likeness (QED) is 0.940. The van der Waals surface area contributed by atoms with Crippen LogP contribution in [0.4, 0.5) is 0 Å². The van der Waals surface area contributed by atoms with Gasteiger partial charge in [-0.2, -0.15) is 5.10 Å². The number of aromatic nitrogens is 2. The van der Waals surface area contributed by atoms with Crippen LogP contribution < -0.4 is 10.5 Å². The van der Waals surface area contributed by atoms with E-state index in [4.69, 9.17) is 10.5 Å². The van der Waals surface area contributed by atoms with Crippen LogP contribution in [0.25, 0.3) is 0 Å². The first kappa shape index (κ1) is 14.0. The molecule has 0 aliphatic carbocycles. The van der Waals surface area contributed by atoms with Gasteiger partial charge >= 0.3 is 0 Å². The van der Waals surface area contributed by atoms with E-state index in [0.717, 1.165) is 26.9 Å². The smallest absolute Gasteiger partial charge is 0.238 e. The zero-order valence-corrected chi connectivity index (χ0v) is 12.6. The van der Waals surface area contributed by atoms with Crippen LogP contribution in [-0.4, -0.2) is 10.2 Å². The number of ether oxygens (including phenoxy) is 1. The van der Waals surface area contributed by atoms with Gasteiger partial charge in [-0.25, -0.2) is 0 Å². The van der Waals surface area contributed by atoms with Gasteiger partial charge in [0, 0.05) is 16.6 Å². The lowest BCUT2D eigenvalue weighted by molar-refractivity contribution is 0.286. The average molecular weight is 322 g/mol. The molecule has 4 nitrogen and oxygen atoms in total. The Morgan fingerprint density at radius 1 is 1.26 bits per heavy atom. The minimum atomic E-state index is 0.399. The Morgan fingerprint density at radius 3 is 2.74 bits per heavy atom. The van der Waals surface area contributed by atoms with E-state index in [9.17, 15) is 0 Å². The van der Waals surface area contributed by atoms with Gasteiger partial charge in [0.25, 0.3) is 0 Å². The Balaban J connectivity index is 2.18. The molecular weight excluding hydrogens is 306 g/mol. The normalized spacial score (nSPS) is 10.5. The van der Waals surface area contributed by atoms with E-state index in [0.29, 0.717) is 19.0 Å². The van der Waals surface area contributed by atoms with Gasteiger partial charge in [0.1, 0.15) is 6.61 Å². The highest BCUT2D eigenvalue weighted by atomic mass is 79.9. The second kappa shape index (κ2) is 6.12. The van der Waals surface area contributed by atoms with Gasteiger partial charge in [0.2, 0.25) is 5.88 Å². The summed E-state index contributed by atoms with van der Waals surface area (Å²) in [4.78, 5) is 0. The molecule has 2 N–H and O–H groups in total. The van der Waals surface area contributed by atoms with Crippen molar-refractivity contribution in [1.29, 1.82) is 0 Å². The lowest BCUT2D eigenvalue weighted by Crippen LogP contribution is -2.09. The minimum absolute atomic E-state index is 0.399. The van der Waals surface area contributed by atoms with E-state index >= 15 is 0 Å². The number of nitrogens with zero attached hydrogens (tertiary/aromatic N) is 2. The molecule has 19 heavy (non-hydrogen) atoms. The highest BCUT2D eigenvalue weighted by Crippen LogP contribution is 2.21. The van der Waals surface area contributed by atoms with Crippen LogP contribution in [0.3, 0.4) is 0 Å². The monoisotopic (exact) mass is 321 g/mol. The molecule has 0 saturated carbocycles. The summed E-state index contributed by atoms with van der Waals surface area (Å²) in [6, 6.07) is 7.96. The Labute approximate surface area is 121 Å². The first-order valence-electron chi connectivity index (χ1n) is 6.02. The van der Waals surface area contributed by atoms with Crippen LogP contribution in [0.15, 0.2) is 28.7 Å². The molecule has 0 atom stereocenters. The average Bonchev–Trinajstić information content (AvgIpc) is 2.40. The van der Waals surface area contributed by atoms with Crippen molar-refractivity contribution in [2.75, 3.05) is 0 Å². The second-order valence-corrected chi connectivity index (χ2v) is 5.23. The molecule has 0 bridgehead atoms. The van der Waals surface area contributed by atoms with Crippen LogP contribution >= 0.6 is 15.9 Å². The van der Waals surface area contributed by atoms with Crippen LogP contribution in [0.5, 0.6) is 5.88 Å². The maximum absolute atomic E-state index is 5.76. The predicted octanol–water partition coefficient (Wildman–Crippen LogP) is 2.89. The van der Waals surface area contributed by atoms with Crippen LogP contribution in [0, 0.1) is 13.8 Å². The molecule has 0 spiro atoms. The van der Waals surface area contributed by atoms with Gasteiger partial charge in [-0.15, -0.1) is 5.10 Å². The summed E-state index contributed by atoms with van der Waals surface area (Å²) in [7, 11) is 0. The summed E-state index contributed by atoms with van der Waals surface area (Å²) in [5, 5.41) is 8.16. The molecule has 1 heterocycles. The first-order chi connectivity index (χ1) is 9.11. The van der Waals surface area contributed by atoms with E-state index in [1.165, 1.54) is 0 Å². The van der Waals surface area contributed by atoms with E-state index < -0.39 is 0 Å². The van der Waals surface area contributed by atoms with E-state index in [1.54, 1.807) is 0 Å². The lowest BCUT2D eigenvalue weighted by atomic mass is 10.1. The topological polar surface area (TPSA) is 61.0 Å². The van der Waals surface area contributed by atoms with Crippen LogP contribution in [0.2, 0.25) is 0 Å². The third-order valence-electron chi connectivity index (χ3n) is 3.01. The molecule has 1 aromatic heterocycles. The standard InChI is InChI=1S/C14H16BrN3O/c1-9-10(2)17-18-14(13(9)7-16)19-8-11-4-3-5-12(15)6-11/h3-6H,7-8,16H2,1-2H3. The fraction of sp³-hybridized carbons (Fsp3) is 0.286. The molecule has 100 valence electrons. The van der Waals surface area contributed by atoms with Gasteiger partial charge in [-0.1, -0.05) is 28.1 Å². The number of nitrogens with two attached hydrogens (primary N) is 1. The van der Waals surface area contributed by atoms with Crippen molar-refractivity contribution in [3.05, 3.63) is 51.1 Å². The number of halogens is 1. The first-order valence-corrected chi connectivity index (χ1v) is 6.81. The van der Waals surface area contributed by atoms with Crippen molar-refractivity contribution in [3.63, 3.8) is 0 Å². The molecule has 0 aliphatic heterocycles. The molecule has 2 rings (SSSR count). The van der Waals surface area contributed by atoms with Gasteiger partial charge in [-0.3, -0.25) is 0 Å². The molecule has 0 saturated heterocycles. The molecular formula is C14H16BrN3O. The Morgan fingerprint density at radius 2 is 2.05 bits per heavy atom. The molecule has 1 aromatic carbocycles. The van der Waals surface area contributed by atoms with Crippen molar-refractivity contribution in [1.82, 2.24) is 10.2 Å². The number of hydrogen-bond acceptors (Lipinski definition) is 4. The maximum Gasteiger partial charge on any atom is 0.238 e. The molecule has 5 heteroatoms. The maximum atomic E-state index is 5.76. The molecule has 0 amide bonds. The van der Waals surface area contributed by atoms with Crippen LogP contribution in [0.1, 0.15) is 22.4 Å². The summed E-state index contributed by atoms with van der Waals surface area (Å²) in [5.74, 6) is 0.519. The SMILES string of the molecule is Cc1nnc(OCc2cccc(Br)c2)c(CN)c1C. The van der Waals surface area contributed by atoms with Crippen molar-refractivity contribution in [2.45, 2.75) is 27.0 Å². The van der Waals surface area contributed by atoms with E-state index in [1.807, 2.05) is 38.1 Å². The number of benzene rings is 1. The Hall–Kier alpha value is -1.46. The third-order valence-corrected chi connectivity index (χ3v) is 3.51. The predicted molar refractivity (Wildman–Crippen MR) is 77.9 cm³/mol. The number of rotatable bonds is 4. The van der Waals surface area contributed by atoms with Crippen molar-refractivity contribution in [2.24, 2.45) is 5.73 Å². The fourth-order valence-electron chi connectivity index (χ4n) is 1.77. The van der Waals surface area contributed by atoms with Gasteiger partial charge in [0.05, 0.1) is 5.69 Å². The summed E-state index contributed by atoms with van der Waals surface area (Å²) < 4.78 is 6.76. The largest absolute Gasteiger partial charge is 0.471 e. The number of aryl methyl sites for hydroxylation is 1. The molecule has 2 aromatic rings. The Kier molecular flexibility index (Phi) is 4.50. The summed E-state index contributed by atoms with van der Waals surface area (Å²) in [6.07, 6.45) is 0. The van der Waals surface area contributed by atoms with Gasteiger partial charge in [0.15, 0.2) is 0 Å². The van der Waals surface area contributed by atoms with Crippen molar-refractivity contribution < 1.29 is 4.74 Å². The summed E-state index contributed by atoms with van der Waals surface area (Å²) >= 11 is 3.43. The number of hydrogen-bond donors (Lipinski definition) is 1. The van der Waals surface area contributed by atoms with Crippen LogP contribution in [-0.2, 0) is 13.2 Å². The summed E-state index contributed by atoms with van der Waals surface area (Å²) in [6.45, 7) is 4.75. The molecule has 0 fully saturated rings. The highest BCUT2D eigenvalue weighted by Gasteiger charge is 2.11. The lowest BCUT2D eigenvalue weighted by Gasteiger charge is -2.12. The minimum Gasteiger partial charge on any atom is -0.471 e. The summed E-state index contributed by atoms with van der Waals surface area (Å²) in [5.41, 5.74) is 9.67. The zero-order valence-electron chi connectivity index (χ0n) is 11.0. The third kappa shape index (κ3) is 3.30. The fourth-order valence-corrected chi connectivity index (χ4v) is 2.22. The molecule has 0 unspecified atom stereocenters. The second-order valence-electron chi connectivity index (χ2n) is 4.32. The highest BCUT2D eigenvalue weighted by molar-refractivity contribution is 9.10. The van der Waals surface area contributed by atoms with E-state index in [2.05, 4.69) is 26.1 Å². The van der Waals surface area contributed by atoms with E-state index in [-0.39, 0.29) is 0 Å². The Bertz CT molecular complexity index is 587. The molecule has 0 aliphatic rings. The van der Waals surface area contributed by atoms with Gasteiger partial charge in [-0.05, 0) is 37.1 Å². The molecule has 0 radical (unpaired) electrons. The van der Waals surface area contributed by atoms with Gasteiger partial charge < -0.3 is 10.5 Å². The zero-order chi connectivity index (χ0) is 13.8.